The van der Waals surface area contributed by atoms with Crippen LogP contribution in [0.1, 0.15) is 36.8 Å². The largest absolute Gasteiger partial charge is 0.469 e. The quantitative estimate of drug-likeness (QED) is 0.766. The third kappa shape index (κ3) is 4.96. The first-order chi connectivity index (χ1) is 10.8. The van der Waals surface area contributed by atoms with Gasteiger partial charge in [0.1, 0.15) is 0 Å². The molecule has 6 heteroatoms. The van der Waals surface area contributed by atoms with Gasteiger partial charge in [0.05, 0.1) is 19.1 Å². The summed E-state index contributed by atoms with van der Waals surface area (Å²) in [5.74, 6) is -0.251. The number of methoxy groups -OCH3 is 1. The molecule has 1 aliphatic rings. The summed E-state index contributed by atoms with van der Waals surface area (Å²) in [5, 5.41) is 0. The molecule has 0 aliphatic carbocycles. The zero-order valence-electron chi connectivity index (χ0n) is 13.1. The van der Waals surface area contributed by atoms with Gasteiger partial charge in [-0.3, -0.25) is 4.79 Å². The Morgan fingerprint density at radius 2 is 1.83 bits per heavy atom. The lowest BCUT2D eigenvalue weighted by Gasteiger charge is -2.36. The summed E-state index contributed by atoms with van der Waals surface area (Å²) < 4.78 is 47.9. The van der Waals surface area contributed by atoms with E-state index in [2.05, 4.69) is 0 Å². The molecule has 0 amide bonds. The smallest absolute Gasteiger partial charge is 0.416 e. The van der Waals surface area contributed by atoms with Crippen LogP contribution in [0.5, 0.6) is 0 Å². The van der Waals surface area contributed by atoms with Crippen molar-refractivity contribution in [1.29, 1.82) is 0 Å². The van der Waals surface area contributed by atoms with Crippen LogP contribution in [0.3, 0.4) is 0 Å². The van der Waals surface area contributed by atoms with Crippen molar-refractivity contribution in [3.05, 3.63) is 35.4 Å². The van der Waals surface area contributed by atoms with E-state index in [0.29, 0.717) is 26.1 Å². The molecule has 0 aromatic heterocycles. The van der Waals surface area contributed by atoms with Crippen LogP contribution in [0.25, 0.3) is 0 Å². The standard InChI is InChI=1S/C17H21F3O3/c1-22-15(21)12-16(8-10-23-11-9-16)7-6-13-2-4-14(5-3-13)17(18,19)20/h2-5H,6-12H2,1H3. The van der Waals surface area contributed by atoms with E-state index in [1.165, 1.54) is 19.2 Å². The van der Waals surface area contributed by atoms with Gasteiger partial charge in [0.2, 0.25) is 0 Å². The Bertz CT molecular complexity index is 517. The van der Waals surface area contributed by atoms with Gasteiger partial charge in [-0.15, -0.1) is 0 Å². The molecular formula is C17H21F3O3. The summed E-state index contributed by atoms with van der Waals surface area (Å²) in [4.78, 5) is 11.7. The third-order valence-corrected chi connectivity index (χ3v) is 4.53. The minimum atomic E-state index is -4.31. The molecule has 3 nitrogen and oxygen atoms in total. The third-order valence-electron chi connectivity index (χ3n) is 4.53. The van der Waals surface area contributed by atoms with Crippen molar-refractivity contribution >= 4 is 5.97 Å². The van der Waals surface area contributed by atoms with Crippen LogP contribution in [0.15, 0.2) is 24.3 Å². The van der Waals surface area contributed by atoms with E-state index in [-0.39, 0.29) is 11.4 Å². The molecule has 1 aromatic rings. The number of hydrogen-bond acceptors (Lipinski definition) is 3. The van der Waals surface area contributed by atoms with Gasteiger partial charge >= 0.3 is 12.1 Å². The number of halogens is 3. The number of benzene rings is 1. The first kappa shape index (κ1) is 17.8. The van der Waals surface area contributed by atoms with Crippen molar-refractivity contribution in [2.75, 3.05) is 20.3 Å². The fourth-order valence-corrected chi connectivity index (χ4v) is 2.97. The number of carbonyl (C=O) groups excluding carboxylic acids is 1. The first-order valence-corrected chi connectivity index (χ1v) is 7.65. The van der Waals surface area contributed by atoms with E-state index < -0.39 is 11.7 Å². The van der Waals surface area contributed by atoms with Crippen LogP contribution in [-0.4, -0.2) is 26.3 Å². The Balaban J connectivity index is 2.02. The van der Waals surface area contributed by atoms with Crippen LogP contribution in [0.4, 0.5) is 13.2 Å². The van der Waals surface area contributed by atoms with Gasteiger partial charge in [-0.25, -0.2) is 0 Å². The lowest BCUT2D eigenvalue weighted by atomic mass is 9.73. The Morgan fingerprint density at radius 3 is 2.35 bits per heavy atom. The number of alkyl halides is 3. The van der Waals surface area contributed by atoms with Crippen LogP contribution < -0.4 is 0 Å². The normalized spacial score (nSPS) is 17.7. The van der Waals surface area contributed by atoms with Crippen molar-refractivity contribution in [2.24, 2.45) is 5.41 Å². The lowest BCUT2D eigenvalue weighted by molar-refractivity contribution is -0.145. The number of esters is 1. The van der Waals surface area contributed by atoms with E-state index in [9.17, 15) is 18.0 Å². The van der Waals surface area contributed by atoms with Gasteiger partial charge < -0.3 is 9.47 Å². The summed E-state index contributed by atoms with van der Waals surface area (Å²) in [6.07, 6.45) is -1.09. The molecule has 0 unspecified atom stereocenters. The van der Waals surface area contributed by atoms with Gasteiger partial charge in [-0.05, 0) is 48.8 Å². The molecule has 0 radical (unpaired) electrons. The highest BCUT2D eigenvalue weighted by Crippen LogP contribution is 2.39. The fourth-order valence-electron chi connectivity index (χ4n) is 2.97. The van der Waals surface area contributed by atoms with Gasteiger partial charge in [0, 0.05) is 13.2 Å². The Morgan fingerprint density at radius 1 is 1.22 bits per heavy atom. The number of ether oxygens (including phenoxy) is 2. The van der Waals surface area contributed by atoms with Gasteiger partial charge in [0.15, 0.2) is 0 Å². The van der Waals surface area contributed by atoms with Crippen LogP contribution in [-0.2, 0) is 26.9 Å². The second-order valence-corrected chi connectivity index (χ2v) is 6.06. The molecule has 1 saturated heterocycles. The predicted molar refractivity (Wildman–Crippen MR) is 78.9 cm³/mol. The number of hydrogen-bond donors (Lipinski definition) is 0. The van der Waals surface area contributed by atoms with Crippen molar-refractivity contribution < 1.29 is 27.4 Å². The summed E-state index contributed by atoms with van der Waals surface area (Å²) >= 11 is 0. The average molecular weight is 330 g/mol. The highest BCUT2D eigenvalue weighted by atomic mass is 19.4. The van der Waals surface area contributed by atoms with E-state index >= 15 is 0 Å². The zero-order chi connectivity index (χ0) is 16.9. The minimum Gasteiger partial charge on any atom is -0.469 e. The molecule has 128 valence electrons. The molecule has 0 bridgehead atoms. The molecule has 1 fully saturated rings. The maximum atomic E-state index is 12.6. The number of rotatable bonds is 5. The number of aryl methyl sites for hydroxylation is 1. The SMILES string of the molecule is COC(=O)CC1(CCc2ccc(C(F)(F)F)cc2)CCOCC1. The summed E-state index contributed by atoms with van der Waals surface area (Å²) in [6, 6.07) is 5.22. The summed E-state index contributed by atoms with van der Waals surface area (Å²) in [6.45, 7) is 1.20. The molecule has 1 aromatic carbocycles. The van der Waals surface area contributed by atoms with E-state index in [1.807, 2.05) is 0 Å². The molecule has 1 heterocycles. The van der Waals surface area contributed by atoms with Crippen LogP contribution in [0.2, 0.25) is 0 Å². The summed E-state index contributed by atoms with van der Waals surface area (Å²) in [5.41, 5.74) is 0.0129. The summed E-state index contributed by atoms with van der Waals surface area (Å²) in [7, 11) is 1.37. The molecule has 2 rings (SSSR count). The second kappa shape index (κ2) is 7.34. The molecular weight excluding hydrogens is 309 g/mol. The average Bonchev–Trinajstić information content (AvgIpc) is 2.53. The van der Waals surface area contributed by atoms with Gasteiger partial charge in [0.25, 0.3) is 0 Å². The maximum absolute atomic E-state index is 12.6. The highest BCUT2D eigenvalue weighted by Gasteiger charge is 2.35. The zero-order valence-corrected chi connectivity index (χ0v) is 13.1. The molecule has 0 N–H and O–H groups in total. The minimum absolute atomic E-state index is 0.186. The molecule has 0 atom stereocenters. The van der Waals surface area contributed by atoms with Crippen molar-refractivity contribution in [3.8, 4) is 0 Å². The van der Waals surface area contributed by atoms with E-state index in [4.69, 9.17) is 9.47 Å². The molecule has 1 aliphatic heterocycles. The lowest BCUT2D eigenvalue weighted by Crippen LogP contribution is -2.33. The Labute approximate surface area is 133 Å². The van der Waals surface area contributed by atoms with Gasteiger partial charge in [-0.1, -0.05) is 12.1 Å². The van der Waals surface area contributed by atoms with Crippen molar-refractivity contribution in [1.82, 2.24) is 0 Å². The maximum Gasteiger partial charge on any atom is 0.416 e. The van der Waals surface area contributed by atoms with Crippen LogP contribution >= 0.6 is 0 Å². The molecule has 0 saturated carbocycles. The molecule has 0 spiro atoms. The predicted octanol–water partition coefficient (Wildman–Crippen LogP) is 4.00. The van der Waals surface area contributed by atoms with E-state index in [0.717, 1.165) is 37.0 Å². The first-order valence-electron chi connectivity index (χ1n) is 7.65. The van der Waals surface area contributed by atoms with Gasteiger partial charge in [-0.2, -0.15) is 13.2 Å². The second-order valence-electron chi connectivity index (χ2n) is 6.06. The number of carbonyl (C=O) groups is 1. The Kier molecular flexibility index (Phi) is 5.68. The fraction of sp³-hybridized carbons (Fsp3) is 0.588. The Hall–Kier alpha value is -1.56. The highest BCUT2D eigenvalue weighted by molar-refractivity contribution is 5.70. The van der Waals surface area contributed by atoms with E-state index in [1.54, 1.807) is 0 Å². The monoisotopic (exact) mass is 330 g/mol. The topological polar surface area (TPSA) is 35.5 Å². The van der Waals surface area contributed by atoms with Crippen molar-refractivity contribution in [2.45, 2.75) is 38.3 Å². The molecule has 23 heavy (non-hydrogen) atoms. The van der Waals surface area contributed by atoms with Crippen LogP contribution in [0, 0.1) is 5.41 Å². The van der Waals surface area contributed by atoms with Crippen molar-refractivity contribution in [3.63, 3.8) is 0 Å².